The molecule has 0 unspecified atom stereocenters. The molecule has 13 aromatic carbocycles. The second-order valence-electron chi connectivity index (χ2n) is 18.8. The molecule has 0 saturated carbocycles. The van der Waals surface area contributed by atoms with E-state index in [2.05, 4.69) is 289 Å². The van der Waals surface area contributed by atoms with Gasteiger partial charge in [0.1, 0.15) is 0 Å². The van der Waals surface area contributed by atoms with Gasteiger partial charge in [-0.05, 0) is 108 Å². The predicted molar refractivity (Wildman–Crippen MR) is 307 cm³/mol. The molecule has 14 rings (SSSR count). The van der Waals surface area contributed by atoms with E-state index < -0.39 is 0 Å². The molecular formula is C70H46N2. The molecule has 0 saturated heterocycles. The third-order valence-electron chi connectivity index (χ3n) is 14.8. The van der Waals surface area contributed by atoms with Gasteiger partial charge in [-0.15, -0.1) is 0 Å². The summed E-state index contributed by atoms with van der Waals surface area (Å²) < 4.78 is 2.51. The summed E-state index contributed by atoms with van der Waals surface area (Å²) in [4.78, 5) is 2.48. The molecule has 0 atom stereocenters. The minimum atomic E-state index is 1.07. The van der Waals surface area contributed by atoms with Gasteiger partial charge in [-0.25, -0.2) is 0 Å². The molecule has 0 fully saturated rings. The quantitative estimate of drug-likeness (QED) is 0.147. The molecule has 1 heterocycles. The summed E-state index contributed by atoms with van der Waals surface area (Å²) >= 11 is 0. The molecule has 0 radical (unpaired) electrons. The third kappa shape index (κ3) is 6.80. The van der Waals surface area contributed by atoms with E-state index in [0.717, 1.165) is 39.4 Å². The first-order valence-corrected chi connectivity index (χ1v) is 24.8. The Balaban J connectivity index is 0.993. The molecule has 1 aromatic heterocycles. The highest BCUT2D eigenvalue weighted by Gasteiger charge is 2.24. The van der Waals surface area contributed by atoms with Gasteiger partial charge < -0.3 is 9.47 Å². The van der Waals surface area contributed by atoms with Crippen molar-refractivity contribution in [3.8, 4) is 50.2 Å². The molecule has 14 aromatic rings. The lowest BCUT2D eigenvalue weighted by atomic mass is 9.92. The minimum absolute atomic E-state index is 1.07. The van der Waals surface area contributed by atoms with Crippen LogP contribution in [0, 0.1) is 0 Å². The van der Waals surface area contributed by atoms with Gasteiger partial charge in [-0.1, -0.05) is 237 Å². The summed E-state index contributed by atoms with van der Waals surface area (Å²) in [6.45, 7) is 0. The molecule has 2 heteroatoms. The van der Waals surface area contributed by atoms with Gasteiger partial charge in [0.05, 0.1) is 28.1 Å². The minimum Gasteiger partial charge on any atom is -0.309 e. The van der Waals surface area contributed by atoms with Crippen LogP contribution < -0.4 is 4.90 Å². The average Bonchev–Trinajstić information content (AvgIpc) is 3.80. The van der Waals surface area contributed by atoms with E-state index in [0.29, 0.717) is 0 Å². The molecule has 0 aliphatic carbocycles. The highest BCUT2D eigenvalue weighted by atomic mass is 15.1. The Kier molecular flexibility index (Phi) is 9.89. The summed E-state index contributed by atoms with van der Waals surface area (Å²) in [6, 6.07) is 102. The van der Waals surface area contributed by atoms with Gasteiger partial charge in [-0.3, -0.25) is 0 Å². The third-order valence-corrected chi connectivity index (χ3v) is 14.8. The van der Waals surface area contributed by atoms with Crippen LogP contribution >= 0.6 is 0 Å². The molecule has 0 amide bonds. The molecule has 72 heavy (non-hydrogen) atoms. The molecule has 0 aliphatic rings. The number of hydrogen-bond donors (Lipinski definition) is 0. The fraction of sp³-hybridized carbons (Fsp3) is 0. The lowest BCUT2D eigenvalue weighted by molar-refractivity contribution is 1.18. The molecule has 336 valence electrons. The number of benzene rings is 13. The Morgan fingerprint density at radius 3 is 1.58 bits per heavy atom. The van der Waals surface area contributed by atoms with Gasteiger partial charge in [0.25, 0.3) is 0 Å². The number of fused-ring (bicyclic) bond motifs is 8. The van der Waals surface area contributed by atoms with E-state index in [1.807, 2.05) is 0 Å². The zero-order chi connectivity index (χ0) is 47.5. The topological polar surface area (TPSA) is 8.17 Å². The summed E-state index contributed by atoms with van der Waals surface area (Å²) in [6.07, 6.45) is 0. The van der Waals surface area contributed by atoms with E-state index in [1.165, 1.54) is 92.7 Å². The smallest absolute Gasteiger partial charge is 0.0618 e. The molecule has 0 aliphatic heterocycles. The predicted octanol–water partition coefficient (Wildman–Crippen LogP) is 19.5. The first-order chi connectivity index (χ1) is 35.7. The Hall–Kier alpha value is -9.50. The van der Waals surface area contributed by atoms with Crippen LogP contribution in [-0.4, -0.2) is 4.57 Å². The van der Waals surface area contributed by atoms with Crippen LogP contribution in [0.5, 0.6) is 0 Å². The Morgan fingerprint density at radius 1 is 0.250 bits per heavy atom. The van der Waals surface area contributed by atoms with Crippen molar-refractivity contribution < 1.29 is 0 Å². The zero-order valence-electron chi connectivity index (χ0n) is 39.5. The lowest BCUT2D eigenvalue weighted by Gasteiger charge is -2.30. The number of rotatable bonds is 8. The van der Waals surface area contributed by atoms with Crippen LogP contribution in [0.3, 0.4) is 0 Å². The SMILES string of the molecule is c1ccc(-c2cccc(-c3ccc(N(c4ccccc4-c4ccc5ccccc5c4)c4ccc(-c5cccc6ccccc56)c5ccccc45)cc3)c2-n2c3ccccc3c3c4ccccc4ccc32)cc1. The van der Waals surface area contributed by atoms with Crippen molar-refractivity contribution in [2.45, 2.75) is 0 Å². The number of aromatic nitrogens is 1. The van der Waals surface area contributed by atoms with E-state index in [1.54, 1.807) is 0 Å². The highest BCUT2D eigenvalue weighted by Crippen LogP contribution is 2.48. The summed E-state index contributed by atoms with van der Waals surface area (Å²) in [5.74, 6) is 0. The number of nitrogens with zero attached hydrogens (tertiary/aromatic N) is 2. The maximum atomic E-state index is 2.51. The Labute approximate surface area is 418 Å². The average molecular weight is 915 g/mol. The molecule has 0 spiro atoms. The highest BCUT2D eigenvalue weighted by molar-refractivity contribution is 6.22. The molecule has 0 bridgehead atoms. The summed E-state index contributed by atoms with van der Waals surface area (Å²) in [5.41, 5.74) is 16.2. The van der Waals surface area contributed by atoms with E-state index in [9.17, 15) is 0 Å². The summed E-state index contributed by atoms with van der Waals surface area (Å²) in [5, 5.41) is 12.3. The number of hydrogen-bond acceptors (Lipinski definition) is 1. The maximum Gasteiger partial charge on any atom is 0.0618 e. The van der Waals surface area contributed by atoms with Crippen LogP contribution in [0.2, 0.25) is 0 Å². The lowest BCUT2D eigenvalue weighted by Crippen LogP contribution is -2.12. The second kappa shape index (κ2) is 17.2. The van der Waals surface area contributed by atoms with Crippen molar-refractivity contribution in [3.05, 3.63) is 279 Å². The van der Waals surface area contributed by atoms with Gasteiger partial charge in [0.15, 0.2) is 0 Å². The van der Waals surface area contributed by atoms with E-state index in [4.69, 9.17) is 0 Å². The maximum absolute atomic E-state index is 2.51. The molecule has 0 N–H and O–H groups in total. The first kappa shape index (κ1) is 41.5. The van der Waals surface area contributed by atoms with Crippen LogP contribution in [-0.2, 0) is 0 Å². The van der Waals surface area contributed by atoms with Gasteiger partial charge >= 0.3 is 0 Å². The van der Waals surface area contributed by atoms with Crippen molar-refractivity contribution in [3.63, 3.8) is 0 Å². The second-order valence-corrected chi connectivity index (χ2v) is 18.8. The standard InChI is InChI=1S/C70H46N2/c1-2-19-49(20-3-1)58-31-17-32-59(70(58)72-66-35-15-13-30-64(66)69-57-27-9-7-22-50(57)40-44-68(69)72)51-38-41-54(42-39-51)71(65-34-14-12-26-56(65)53-37-36-47-18-4-5-23-52(47)46-53)67-45-43-62(61-28-10-11-29-63(61)67)60-33-16-24-48-21-6-8-25-55(48)60/h1-46H. The van der Waals surface area contributed by atoms with E-state index in [-0.39, 0.29) is 0 Å². The number of anilines is 3. The Morgan fingerprint density at radius 2 is 0.778 bits per heavy atom. The van der Waals surface area contributed by atoms with Crippen LogP contribution in [0.4, 0.5) is 17.1 Å². The van der Waals surface area contributed by atoms with Crippen molar-refractivity contribution in [2.24, 2.45) is 0 Å². The van der Waals surface area contributed by atoms with E-state index >= 15 is 0 Å². The normalized spacial score (nSPS) is 11.6. The molecular weight excluding hydrogens is 869 g/mol. The van der Waals surface area contributed by atoms with Crippen molar-refractivity contribution in [1.82, 2.24) is 4.57 Å². The van der Waals surface area contributed by atoms with Crippen LogP contribution in [0.25, 0.3) is 115 Å². The fourth-order valence-electron chi connectivity index (χ4n) is 11.5. The van der Waals surface area contributed by atoms with Crippen molar-refractivity contribution in [1.29, 1.82) is 0 Å². The van der Waals surface area contributed by atoms with Crippen molar-refractivity contribution >= 4 is 82.0 Å². The van der Waals surface area contributed by atoms with Gasteiger partial charge in [-0.2, -0.15) is 0 Å². The van der Waals surface area contributed by atoms with Gasteiger partial charge in [0.2, 0.25) is 0 Å². The van der Waals surface area contributed by atoms with Crippen LogP contribution in [0.15, 0.2) is 279 Å². The summed E-state index contributed by atoms with van der Waals surface area (Å²) in [7, 11) is 0. The fourth-order valence-corrected chi connectivity index (χ4v) is 11.5. The number of para-hydroxylation sites is 3. The zero-order valence-corrected chi connectivity index (χ0v) is 39.5. The van der Waals surface area contributed by atoms with Crippen molar-refractivity contribution in [2.75, 3.05) is 4.90 Å². The monoisotopic (exact) mass is 914 g/mol. The Bertz CT molecular complexity index is 4390. The van der Waals surface area contributed by atoms with Crippen LogP contribution in [0.1, 0.15) is 0 Å². The largest absolute Gasteiger partial charge is 0.309 e. The first-order valence-electron chi connectivity index (χ1n) is 24.8. The molecule has 2 nitrogen and oxygen atoms in total. The van der Waals surface area contributed by atoms with Gasteiger partial charge in [0, 0.05) is 38.5 Å².